The van der Waals surface area contributed by atoms with E-state index < -0.39 is 0 Å². The molecule has 0 bridgehead atoms. The fraction of sp³-hybridized carbons (Fsp3) is 0.0476. The molecule has 0 saturated carbocycles. The van der Waals surface area contributed by atoms with Gasteiger partial charge in [-0.1, -0.05) is 36.4 Å². The standard InChI is InChI=1S/C21H17N3O2/c25-21(15-26-18-9-2-1-3-10-18)22-17-8-6-7-16(13-17)19-14-24-12-5-4-11-20(24)23-19/h1-14H,15H2,(H,22,25). The normalized spacial score (nSPS) is 10.6. The molecule has 26 heavy (non-hydrogen) atoms. The Morgan fingerprint density at radius 1 is 1.00 bits per heavy atom. The summed E-state index contributed by atoms with van der Waals surface area (Å²) in [5.74, 6) is 0.460. The molecule has 4 aromatic rings. The van der Waals surface area contributed by atoms with E-state index in [2.05, 4.69) is 10.3 Å². The third kappa shape index (κ3) is 3.57. The fourth-order valence-electron chi connectivity index (χ4n) is 2.69. The van der Waals surface area contributed by atoms with Crippen LogP contribution in [0, 0.1) is 0 Å². The second-order valence-corrected chi connectivity index (χ2v) is 5.82. The number of para-hydroxylation sites is 1. The lowest BCUT2D eigenvalue weighted by molar-refractivity contribution is -0.118. The summed E-state index contributed by atoms with van der Waals surface area (Å²) in [4.78, 5) is 16.7. The molecule has 0 radical (unpaired) electrons. The number of aromatic nitrogens is 2. The minimum atomic E-state index is -0.207. The highest BCUT2D eigenvalue weighted by Gasteiger charge is 2.07. The lowest BCUT2D eigenvalue weighted by Crippen LogP contribution is -2.20. The second kappa shape index (κ2) is 7.11. The topological polar surface area (TPSA) is 55.6 Å². The van der Waals surface area contributed by atoms with Crippen LogP contribution in [-0.2, 0) is 4.79 Å². The third-order valence-electron chi connectivity index (χ3n) is 3.92. The van der Waals surface area contributed by atoms with Gasteiger partial charge >= 0.3 is 0 Å². The molecule has 128 valence electrons. The van der Waals surface area contributed by atoms with Crippen LogP contribution in [0.3, 0.4) is 0 Å². The average Bonchev–Trinajstić information content (AvgIpc) is 3.12. The number of nitrogens with one attached hydrogen (secondary N) is 1. The van der Waals surface area contributed by atoms with Gasteiger partial charge in [0, 0.05) is 23.6 Å². The molecule has 0 unspecified atom stereocenters. The monoisotopic (exact) mass is 343 g/mol. The lowest BCUT2D eigenvalue weighted by Gasteiger charge is -2.08. The zero-order valence-corrected chi connectivity index (χ0v) is 14.0. The van der Waals surface area contributed by atoms with Crippen molar-refractivity contribution < 1.29 is 9.53 Å². The van der Waals surface area contributed by atoms with Gasteiger partial charge in [0.25, 0.3) is 5.91 Å². The smallest absolute Gasteiger partial charge is 0.262 e. The van der Waals surface area contributed by atoms with Crippen molar-refractivity contribution in [3.63, 3.8) is 0 Å². The van der Waals surface area contributed by atoms with Gasteiger partial charge in [-0.2, -0.15) is 0 Å². The van der Waals surface area contributed by atoms with Crippen molar-refractivity contribution in [1.29, 1.82) is 0 Å². The van der Waals surface area contributed by atoms with Gasteiger partial charge in [0.1, 0.15) is 11.4 Å². The Bertz CT molecular complexity index is 1010. The van der Waals surface area contributed by atoms with Crippen LogP contribution in [0.1, 0.15) is 0 Å². The van der Waals surface area contributed by atoms with E-state index in [-0.39, 0.29) is 12.5 Å². The van der Waals surface area contributed by atoms with Crippen LogP contribution in [0.25, 0.3) is 16.9 Å². The number of amides is 1. The zero-order valence-electron chi connectivity index (χ0n) is 14.0. The Balaban J connectivity index is 1.46. The Morgan fingerprint density at radius 3 is 2.69 bits per heavy atom. The van der Waals surface area contributed by atoms with Crippen molar-refractivity contribution in [2.45, 2.75) is 0 Å². The summed E-state index contributed by atoms with van der Waals surface area (Å²) in [7, 11) is 0. The van der Waals surface area contributed by atoms with Gasteiger partial charge in [0.05, 0.1) is 5.69 Å². The summed E-state index contributed by atoms with van der Waals surface area (Å²) in [5, 5.41) is 2.86. The number of ether oxygens (including phenoxy) is 1. The molecule has 2 heterocycles. The van der Waals surface area contributed by atoms with E-state index in [1.165, 1.54) is 0 Å². The second-order valence-electron chi connectivity index (χ2n) is 5.82. The number of anilines is 1. The van der Waals surface area contributed by atoms with E-state index in [4.69, 9.17) is 4.74 Å². The van der Waals surface area contributed by atoms with Crippen molar-refractivity contribution in [1.82, 2.24) is 9.38 Å². The number of hydrogen-bond donors (Lipinski definition) is 1. The number of benzene rings is 2. The molecule has 5 heteroatoms. The maximum atomic E-state index is 12.1. The van der Waals surface area contributed by atoms with Crippen molar-refractivity contribution in [2.24, 2.45) is 0 Å². The van der Waals surface area contributed by atoms with E-state index in [9.17, 15) is 4.79 Å². The van der Waals surface area contributed by atoms with Gasteiger partial charge in [-0.15, -0.1) is 0 Å². The number of imidazole rings is 1. The first-order chi connectivity index (χ1) is 12.8. The molecule has 0 aliphatic carbocycles. The van der Waals surface area contributed by atoms with Gasteiger partial charge in [-0.05, 0) is 36.4 Å². The molecule has 0 spiro atoms. The van der Waals surface area contributed by atoms with Crippen LogP contribution in [0.4, 0.5) is 5.69 Å². The summed E-state index contributed by atoms with van der Waals surface area (Å²) in [6.07, 6.45) is 3.92. The van der Waals surface area contributed by atoms with Crippen LogP contribution in [0.15, 0.2) is 85.2 Å². The number of carbonyl (C=O) groups excluding carboxylic acids is 1. The minimum absolute atomic E-state index is 0.0391. The maximum absolute atomic E-state index is 12.1. The number of fused-ring (bicyclic) bond motifs is 1. The van der Waals surface area contributed by atoms with Crippen molar-refractivity contribution in [2.75, 3.05) is 11.9 Å². The molecule has 2 aromatic carbocycles. The first-order valence-corrected chi connectivity index (χ1v) is 8.30. The SMILES string of the molecule is O=C(COc1ccccc1)Nc1cccc(-c2cn3ccccc3n2)c1. The summed E-state index contributed by atoms with van der Waals surface area (Å²) in [6, 6.07) is 22.8. The average molecular weight is 343 g/mol. The van der Waals surface area contributed by atoms with Crippen LogP contribution < -0.4 is 10.1 Å². The number of nitrogens with zero attached hydrogens (tertiary/aromatic N) is 2. The number of carbonyl (C=O) groups is 1. The maximum Gasteiger partial charge on any atom is 0.262 e. The highest BCUT2D eigenvalue weighted by Crippen LogP contribution is 2.22. The summed E-state index contributed by atoms with van der Waals surface area (Å²) in [5.41, 5.74) is 3.39. The molecule has 0 aliphatic heterocycles. The molecule has 4 rings (SSSR count). The van der Waals surface area contributed by atoms with Crippen LogP contribution >= 0.6 is 0 Å². The Hall–Kier alpha value is -3.60. The fourth-order valence-corrected chi connectivity index (χ4v) is 2.69. The Labute approximate surface area is 150 Å². The van der Waals surface area contributed by atoms with E-state index in [1.54, 1.807) is 0 Å². The molecule has 1 N–H and O–H groups in total. The predicted molar refractivity (Wildman–Crippen MR) is 101 cm³/mol. The molecule has 0 fully saturated rings. The molecule has 0 aliphatic rings. The molecular weight excluding hydrogens is 326 g/mol. The van der Waals surface area contributed by atoms with Gasteiger partial charge in [0.2, 0.25) is 0 Å². The largest absolute Gasteiger partial charge is 0.484 e. The molecular formula is C21H17N3O2. The number of hydrogen-bond acceptors (Lipinski definition) is 3. The van der Waals surface area contributed by atoms with Crippen molar-refractivity contribution in [3.05, 3.63) is 85.2 Å². The van der Waals surface area contributed by atoms with Crippen LogP contribution in [0.5, 0.6) is 5.75 Å². The summed E-state index contributed by atoms with van der Waals surface area (Å²) in [6.45, 7) is -0.0391. The van der Waals surface area contributed by atoms with Crippen molar-refractivity contribution >= 4 is 17.2 Å². The van der Waals surface area contributed by atoms with E-state index in [0.29, 0.717) is 11.4 Å². The zero-order chi connectivity index (χ0) is 17.8. The van der Waals surface area contributed by atoms with Crippen LogP contribution in [-0.4, -0.2) is 21.9 Å². The van der Waals surface area contributed by atoms with E-state index in [1.807, 2.05) is 89.6 Å². The molecule has 0 atom stereocenters. The summed E-state index contributed by atoms with van der Waals surface area (Å²) >= 11 is 0. The predicted octanol–water partition coefficient (Wildman–Crippen LogP) is 4.02. The first kappa shape index (κ1) is 15.9. The highest BCUT2D eigenvalue weighted by atomic mass is 16.5. The van der Waals surface area contributed by atoms with E-state index >= 15 is 0 Å². The van der Waals surface area contributed by atoms with Gasteiger partial charge in [-0.3, -0.25) is 4.79 Å². The van der Waals surface area contributed by atoms with Crippen molar-refractivity contribution in [3.8, 4) is 17.0 Å². The van der Waals surface area contributed by atoms with Crippen LogP contribution in [0.2, 0.25) is 0 Å². The first-order valence-electron chi connectivity index (χ1n) is 8.30. The van der Waals surface area contributed by atoms with Gasteiger partial charge in [0.15, 0.2) is 6.61 Å². The lowest BCUT2D eigenvalue weighted by atomic mass is 10.1. The number of pyridine rings is 1. The molecule has 2 aromatic heterocycles. The Kier molecular flexibility index (Phi) is 4.35. The van der Waals surface area contributed by atoms with Gasteiger partial charge < -0.3 is 14.5 Å². The van der Waals surface area contributed by atoms with E-state index in [0.717, 1.165) is 16.9 Å². The third-order valence-corrected chi connectivity index (χ3v) is 3.92. The van der Waals surface area contributed by atoms with Gasteiger partial charge in [-0.25, -0.2) is 4.98 Å². The molecule has 1 amide bonds. The molecule has 0 saturated heterocycles. The minimum Gasteiger partial charge on any atom is -0.484 e. The Morgan fingerprint density at radius 2 is 1.85 bits per heavy atom. The quantitative estimate of drug-likeness (QED) is 0.595. The number of rotatable bonds is 5. The highest BCUT2D eigenvalue weighted by molar-refractivity contribution is 5.92. The summed E-state index contributed by atoms with van der Waals surface area (Å²) < 4.78 is 7.43. The molecule has 5 nitrogen and oxygen atoms in total.